The molecule has 20 heavy (non-hydrogen) atoms. The average molecular weight is 278 g/mol. The fraction of sp³-hybridized carbons (Fsp3) is 0.533. The number of amides is 1. The molecule has 5 heteroatoms. The molecule has 0 radical (unpaired) electrons. The normalized spacial score (nSPS) is 16.1. The molecule has 1 aromatic rings. The Morgan fingerprint density at radius 1 is 1.35 bits per heavy atom. The van der Waals surface area contributed by atoms with E-state index in [-0.39, 0.29) is 12.1 Å². The molecule has 1 aliphatic heterocycles. The first kappa shape index (κ1) is 14.7. The first-order chi connectivity index (χ1) is 9.74. The highest BCUT2D eigenvalue weighted by Gasteiger charge is 2.25. The molecule has 1 N–H and O–H groups in total. The maximum absolute atomic E-state index is 11.5. The van der Waals surface area contributed by atoms with Crippen molar-refractivity contribution < 1.29 is 14.3 Å². The van der Waals surface area contributed by atoms with E-state index in [2.05, 4.69) is 12.2 Å². The molecule has 1 aromatic carbocycles. The van der Waals surface area contributed by atoms with Gasteiger partial charge in [0.15, 0.2) is 0 Å². The number of hydrogen-bond acceptors (Lipinski definition) is 4. The van der Waals surface area contributed by atoms with E-state index in [9.17, 15) is 4.79 Å². The minimum Gasteiger partial charge on any atom is -0.494 e. The maximum atomic E-state index is 11.5. The molecule has 1 atom stereocenters. The topological polar surface area (TPSA) is 50.8 Å². The van der Waals surface area contributed by atoms with E-state index >= 15 is 0 Å². The van der Waals surface area contributed by atoms with Crippen LogP contribution in [-0.4, -0.2) is 43.8 Å². The predicted octanol–water partition coefficient (Wildman–Crippen LogP) is 2.19. The molecule has 1 heterocycles. The SMILES string of the molecule is CCNC(CN1CCOC1=O)c1ccc(OCC)cc1. The van der Waals surface area contributed by atoms with Gasteiger partial charge in [0, 0.05) is 6.54 Å². The molecule has 0 aliphatic carbocycles. The summed E-state index contributed by atoms with van der Waals surface area (Å²) in [6.45, 7) is 7.31. The van der Waals surface area contributed by atoms with E-state index in [0.29, 0.717) is 26.3 Å². The van der Waals surface area contributed by atoms with Gasteiger partial charge in [-0.1, -0.05) is 19.1 Å². The molecule has 1 saturated heterocycles. The molecule has 1 unspecified atom stereocenters. The monoisotopic (exact) mass is 278 g/mol. The van der Waals surface area contributed by atoms with E-state index in [0.717, 1.165) is 17.9 Å². The summed E-state index contributed by atoms with van der Waals surface area (Å²) >= 11 is 0. The van der Waals surface area contributed by atoms with Crippen molar-refractivity contribution in [2.24, 2.45) is 0 Å². The Hall–Kier alpha value is -1.75. The molecule has 1 amide bonds. The second-order valence-corrected chi connectivity index (χ2v) is 4.67. The number of nitrogens with zero attached hydrogens (tertiary/aromatic N) is 1. The molecule has 110 valence electrons. The largest absolute Gasteiger partial charge is 0.494 e. The summed E-state index contributed by atoms with van der Waals surface area (Å²) in [5.41, 5.74) is 1.15. The highest BCUT2D eigenvalue weighted by molar-refractivity contribution is 5.69. The molecule has 0 aromatic heterocycles. The summed E-state index contributed by atoms with van der Waals surface area (Å²) in [7, 11) is 0. The third-order valence-electron chi connectivity index (χ3n) is 3.29. The predicted molar refractivity (Wildman–Crippen MR) is 76.9 cm³/mol. The fourth-order valence-corrected chi connectivity index (χ4v) is 2.31. The van der Waals surface area contributed by atoms with Crippen LogP contribution in [0.15, 0.2) is 24.3 Å². The Morgan fingerprint density at radius 3 is 2.65 bits per heavy atom. The number of nitrogens with one attached hydrogen (secondary N) is 1. The van der Waals surface area contributed by atoms with Gasteiger partial charge >= 0.3 is 6.09 Å². The summed E-state index contributed by atoms with van der Waals surface area (Å²) in [6.07, 6.45) is -0.223. The van der Waals surface area contributed by atoms with Gasteiger partial charge in [-0.2, -0.15) is 0 Å². The number of carbonyl (C=O) groups excluding carboxylic acids is 1. The number of cyclic esters (lactones) is 1. The highest BCUT2D eigenvalue weighted by Crippen LogP contribution is 2.20. The lowest BCUT2D eigenvalue weighted by Crippen LogP contribution is -2.35. The Balaban J connectivity index is 2.04. The number of ether oxygens (including phenoxy) is 2. The van der Waals surface area contributed by atoms with E-state index in [1.54, 1.807) is 4.90 Å². The Morgan fingerprint density at radius 2 is 2.10 bits per heavy atom. The molecule has 0 saturated carbocycles. The molecular formula is C15H22N2O3. The van der Waals surface area contributed by atoms with Crippen LogP contribution in [0.25, 0.3) is 0 Å². The van der Waals surface area contributed by atoms with Crippen LogP contribution in [0.3, 0.4) is 0 Å². The number of rotatable bonds is 7. The highest BCUT2D eigenvalue weighted by atomic mass is 16.6. The smallest absolute Gasteiger partial charge is 0.410 e. The van der Waals surface area contributed by atoms with Crippen molar-refractivity contribution in [3.8, 4) is 5.75 Å². The second-order valence-electron chi connectivity index (χ2n) is 4.67. The zero-order valence-electron chi connectivity index (χ0n) is 12.1. The van der Waals surface area contributed by atoms with Gasteiger partial charge in [0.1, 0.15) is 12.4 Å². The van der Waals surface area contributed by atoms with Crippen molar-refractivity contribution in [3.05, 3.63) is 29.8 Å². The standard InChI is InChI=1S/C15H22N2O3/c1-3-16-14(11-17-9-10-20-15(17)18)12-5-7-13(8-6-12)19-4-2/h5-8,14,16H,3-4,9-11H2,1-2H3. The third kappa shape index (κ3) is 3.63. The molecule has 5 nitrogen and oxygen atoms in total. The van der Waals surface area contributed by atoms with Gasteiger partial charge in [0.05, 0.1) is 19.2 Å². The molecule has 0 bridgehead atoms. The third-order valence-corrected chi connectivity index (χ3v) is 3.29. The first-order valence-corrected chi connectivity index (χ1v) is 7.12. The van der Waals surface area contributed by atoms with E-state index < -0.39 is 0 Å². The Labute approximate surface area is 119 Å². The van der Waals surface area contributed by atoms with Gasteiger partial charge in [0.2, 0.25) is 0 Å². The first-order valence-electron chi connectivity index (χ1n) is 7.12. The zero-order chi connectivity index (χ0) is 14.4. The fourth-order valence-electron chi connectivity index (χ4n) is 2.31. The quantitative estimate of drug-likeness (QED) is 0.830. The van der Waals surface area contributed by atoms with Crippen LogP contribution in [-0.2, 0) is 4.74 Å². The zero-order valence-corrected chi connectivity index (χ0v) is 12.1. The van der Waals surface area contributed by atoms with Crippen molar-refractivity contribution >= 4 is 6.09 Å². The van der Waals surface area contributed by atoms with Crippen LogP contribution in [0.4, 0.5) is 4.79 Å². The maximum Gasteiger partial charge on any atom is 0.410 e. The molecule has 1 fully saturated rings. The summed E-state index contributed by atoms with van der Waals surface area (Å²) in [5, 5.41) is 3.41. The average Bonchev–Trinajstić information content (AvgIpc) is 2.85. The number of likely N-dealkylation sites (N-methyl/N-ethyl adjacent to an activating group) is 1. The van der Waals surface area contributed by atoms with Crippen molar-refractivity contribution in [2.75, 3.05) is 32.8 Å². The molecular weight excluding hydrogens is 256 g/mol. The van der Waals surface area contributed by atoms with Gasteiger partial charge in [-0.15, -0.1) is 0 Å². The summed E-state index contributed by atoms with van der Waals surface area (Å²) in [4.78, 5) is 13.3. The van der Waals surface area contributed by atoms with Crippen LogP contribution < -0.4 is 10.1 Å². The van der Waals surface area contributed by atoms with Crippen LogP contribution >= 0.6 is 0 Å². The van der Waals surface area contributed by atoms with Crippen LogP contribution in [0.2, 0.25) is 0 Å². The van der Waals surface area contributed by atoms with E-state index in [1.807, 2.05) is 31.2 Å². The lowest BCUT2D eigenvalue weighted by Gasteiger charge is -2.23. The van der Waals surface area contributed by atoms with Crippen molar-refractivity contribution in [1.82, 2.24) is 10.2 Å². The van der Waals surface area contributed by atoms with Crippen molar-refractivity contribution in [1.29, 1.82) is 0 Å². The van der Waals surface area contributed by atoms with Crippen LogP contribution in [0.5, 0.6) is 5.75 Å². The van der Waals surface area contributed by atoms with Gasteiger partial charge < -0.3 is 19.7 Å². The number of benzene rings is 1. The molecule has 0 spiro atoms. The lowest BCUT2D eigenvalue weighted by molar-refractivity contribution is 0.156. The Bertz CT molecular complexity index is 433. The Kier molecular flexibility index (Phi) is 5.24. The minimum atomic E-state index is -0.223. The molecule has 1 aliphatic rings. The van der Waals surface area contributed by atoms with Crippen molar-refractivity contribution in [3.63, 3.8) is 0 Å². The van der Waals surface area contributed by atoms with E-state index in [1.165, 1.54) is 0 Å². The molecule has 2 rings (SSSR count). The lowest BCUT2D eigenvalue weighted by atomic mass is 10.1. The number of hydrogen-bond donors (Lipinski definition) is 1. The van der Waals surface area contributed by atoms with Crippen molar-refractivity contribution in [2.45, 2.75) is 19.9 Å². The minimum absolute atomic E-state index is 0.112. The van der Waals surface area contributed by atoms with Gasteiger partial charge in [0.25, 0.3) is 0 Å². The van der Waals surface area contributed by atoms with Gasteiger partial charge in [-0.3, -0.25) is 0 Å². The summed E-state index contributed by atoms with van der Waals surface area (Å²) < 4.78 is 10.4. The van der Waals surface area contributed by atoms with Crippen LogP contribution in [0.1, 0.15) is 25.5 Å². The summed E-state index contributed by atoms with van der Waals surface area (Å²) in [6, 6.07) is 8.12. The van der Waals surface area contributed by atoms with Gasteiger partial charge in [-0.25, -0.2) is 4.79 Å². The summed E-state index contributed by atoms with van der Waals surface area (Å²) in [5.74, 6) is 0.868. The second kappa shape index (κ2) is 7.14. The van der Waals surface area contributed by atoms with E-state index in [4.69, 9.17) is 9.47 Å². The van der Waals surface area contributed by atoms with Gasteiger partial charge in [-0.05, 0) is 31.2 Å². The number of carbonyl (C=O) groups is 1. The van der Waals surface area contributed by atoms with Crippen LogP contribution in [0, 0.1) is 0 Å².